The van der Waals surface area contributed by atoms with E-state index in [1.807, 2.05) is 0 Å². The summed E-state index contributed by atoms with van der Waals surface area (Å²) < 4.78 is 0. The first-order valence-electron chi connectivity index (χ1n) is 4.06. The van der Waals surface area contributed by atoms with Gasteiger partial charge >= 0.3 is 6.00 Å². The van der Waals surface area contributed by atoms with Gasteiger partial charge in [0.2, 0.25) is 0 Å². The molecule has 0 radical (unpaired) electrons. The van der Waals surface area contributed by atoms with Gasteiger partial charge in [0.25, 0.3) is 0 Å². The smallest absolute Gasteiger partial charge is 0.126 e. The van der Waals surface area contributed by atoms with Crippen molar-refractivity contribution in [3.63, 3.8) is 0 Å². The van der Waals surface area contributed by atoms with Crippen molar-refractivity contribution < 1.29 is 0 Å². The van der Waals surface area contributed by atoms with Crippen LogP contribution in [0.4, 0.5) is 0 Å². The largest absolute Gasteiger partial charge is 0.341 e. The molecule has 0 aliphatic rings. The van der Waals surface area contributed by atoms with Gasteiger partial charge in [-0.1, -0.05) is 33.1 Å². The summed E-state index contributed by atoms with van der Waals surface area (Å²) >= 11 is 17.4. The summed E-state index contributed by atoms with van der Waals surface area (Å²) in [6.07, 6.45) is 3.51. The van der Waals surface area contributed by atoms with E-state index in [9.17, 15) is 0 Å². The molecule has 1 unspecified atom stereocenters. The van der Waals surface area contributed by atoms with Gasteiger partial charge in [0.1, 0.15) is 0 Å². The lowest BCUT2D eigenvalue weighted by molar-refractivity contribution is 0.507. The fourth-order valence-electron chi connectivity index (χ4n) is 1.19. The first-order valence-corrected chi connectivity index (χ1v) is 9.30. The Balaban J connectivity index is 3.68. The fraction of sp³-hybridized carbons (Fsp3) is 1.00. The molecule has 0 rings (SSSR count). The van der Waals surface area contributed by atoms with Gasteiger partial charge in [0, 0.05) is 0 Å². The zero-order chi connectivity index (χ0) is 8.91. The van der Waals surface area contributed by atoms with Crippen LogP contribution in [-0.4, -0.2) is 6.00 Å². The van der Waals surface area contributed by atoms with Crippen molar-refractivity contribution in [2.75, 3.05) is 0 Å². The van der Waals surface area contributed by atoms with Crippen molar-refractivity contribution in [1.29, 1.82) is 0 Å². The molecule has 0 aromatic heterocycles. The molecule has 0 nitrogen and oxygen atoms in total. The maximum absolute atomic E-state index is 5.81. The summed E-state index contributed by atoms with van der Waals surface area (Å²) in [4.78, 5) is 0. The molecule has 0 fully saturated rings. The summed E-state index contributed by atoms with van der Waals surface area (Å²) in [5.41, 5.74) is 0. The minimum atomic E-state index is -2.36. The van der Waals surface area contributed by atoms with Gasteiger partial charge in [-0.05, 0) is 12.0 Å². The third-order valence-electron chi connectivity index (χ3n) is 1.79. The number of hydrogen-bond donors (Lipinski definition) is 0. The van der Waals surface area contributed by atoms with E-state index >= 15 is 0 Å². The van der Waals surface area contributed by atoms with Crippen molar-refractivity contribution in [2.24, 2.45) is 5.92 Å². The number of hydrogen-bond acceptors (Lipinski definition) is 0. The Hall–Kier alpha value is 1.09. The minimum absolute atomic E-state index is 0.624. The minimum Gasteiger partial charge on any atom is -0.126 e. The second-order valence-electron chi connectivity index (χ2n) is 2.88. The summed E-state index contributed by atoms with van der Waals surface area (Å²) in [5.74, 6) is 0.624. The molecular weight excluding hydrogens is 219 g/mol. The van der Waals surface area contributed by atoms with Crippen molar-refractivity contribution in [3.8, 4) is 0 Å². The molecule has 0 bridgehead atoms. The van der Waals surface area contributed by atoms with Gasteiger partial charge in [-0.25, -0.2) is 0 Å². The van der Waals surface area contributed by atoms with Crippen LogP contribution in [0.3, 0.4) is 0 Å². The summed E-state index contributed by atoms with van der Waals surface area (Å²) in [5, 5.41) is 0. The first kappa shape index (κ1) is 12.1. The molecule has 0 amide bonds. The predicted octanol–water partition coefficient (Wildman–Crippen LogP) is 4.47. The molecule has 1 atom stereocenters. The SMILES string of the molecule is CCCC(CC)C[Si](Cl)(Cl)Cl. The topological polar surface area (TPSA) is 0 Å². The van der Waals surface area contributed by atoms with Crippen LogP contribution in [-0.2, 0) is 0 Å². The second-order valence-corrected chi connectivity index (χ2v) is 12.1. The van der Waals surface area contributed by atoms with Gasteiger partial charge in [-0.2, -0.15) is 0 Å². The van der Waals surface area contributed by atoms with E-state index in [0.717, 1.165) is 12.5 Å². The zero-order valence-electron chi connectivity index (χ0n) is 7.04. The molecule has 0 spiro atoms. The maximum Gasteiger partial charge on any atom is 0.341 e. The van der Waals surface area contributed by atoms with Crippen molar-refractivity contribution in [3.05, 3.63) is 0 Å². The zero-order valence-corrected chi connectivity index (χ0v) is 10.3. The quantitative estimate of drug-likeness (QED) is 0.486. The van der Waals surface area contributed by atoms with Crippen LogP contribution in [0.5, 0.6) is 0 Å². The molecule has 11 heavy (non-hydrogen) atoms. The Labute approximate surface area is 84.3 Å². The van der Waals surface area contributed by atoms with Crippen molar-refractivity contribution >= 4 is 39.2 Å². The lowest BCUT2D eigenvalue weighted by Gasteiger charge is -2.16. The third-order valence-corrected chi connectivity index (χ3v) is 4.22. The van der Waals surface area contributed by atoms with Gasteiger partial charge in [0.15, 0.2) is 0 Å². The highest BCUT2D eigenvalue weighted by Gasteiger charge is 2.28. The highest BCUT2D eigenvalue weighted by atomic mass is 35.8. The predicted molar refractivity (Wildman–Crippen MR) is 56.8 cm³/mol. The van der Waals surface area contributed by atoms with E-state index in [0.29, 0.717) is 5.92 Å². The lowest BCUT2D eigenvalue weighted by atomic mass is 10.0. The summed E-state index contributed by atoms with van der Waals surface area (Å²) in [6.45, 7) is 4.33. The number of rotatable bonds is 5. The Bertz CT molecular complexity index is 100. The Morgan fingerprint density at radius 2 is 1.73 bits per heavy atom. The van der Waals surface area contributed by atoms with E-state index in [1.54, 1.807) is 0 Å². The van der Waals surface area contributed by atoms with Gasteiger partial charge in [-0.15, -0.1) is 33.2 Å². The third kappa shape index (κ3) is 7.45. The van der Waals surface area contributed by atoms with Gasteiger partial charge in [0.05, 0.1) is 0 Å². The summed E-state index contributed by atoms with van der Waals surface area (Å²) in [6, 6.07) is -1.54. The first-order chi connectivity index (χ1) is 4.99. The van der Waals surface area contributed by atoms with E-state index in [2.05, 4.69) is 13.8 Å². The highest BCUT2D eigenvalue weighted by Crippen LogP contribution is 2.32. The van der Waals surface area contributed by atoms with Crippen molar-refractivity contribution in [1.82, 2.24) is 0 Å². The van der Waals surface area contributed by atoms with Crippen LogP contribution < -0.4 is 0 Å². The fourth-order valence-corrected chi connectivity index (χ4v) is 4.30. The molecule has 4 heteroatoms. The standard InChI is InChI=1S/C7H15Cl3Si/c1-3-5-7(4-2)6-11(8,9)10/h7H,3-6H2,1-2H3. The molecule has 0 aliphatic carbocycles. The molecule has 0 saturated carbocycles. The van der Waals surface area contributed by atoms with E-state index < -0.39 is 6.00 Å². The molecule has 68 valence electrons. The number of halogens is 3. The molecule has 0 aliphatic heterocycles. The molecule has 0 N–H and O–H groups in total. The normalized spacial score (nSPS) is 15.0. The highest BCUT2D eigenvalue weighted by molar-refractivity contribution is 7.64. The average molecular weight is 234 g/mol. The average Bonchev–Trinajstić information content (AvgIpc) is 1.84. The monoisotopic (exact) mass is 232 g/mol. The lowest BCUT2D eigenvalue weighted by Crippen LogP contribution is -2.15. The van der Waals surface area contributed by atoms with Crippen LogP contribution in [0.25, 0.3) is 0 Å². The Morgan fingerprint density at radius 1 is 1.18 bits per heavy atom. The van der Waals surface area contributed by atoms with Crippen LogP contribution >= 0.6 is 33.2 Å². The maximum atomic E-state index is 5.81. The molecule has 0 aromatic carbocycles. The van der Waals surface area contributed by atoms with E-state index in [4.69, 9.17) is 33.2 Å². The Kier molecular flexibility index (Phi) is 6.25. The van der Waals surface area contributed by atoms with Crippen LogP contribution in [0, 0.1) is 5.92 Å². The molecular formula is C7H15Cl3Si. The van der Waals surface area contributed by atoms with Crippen molar-refractivity contribution in [2.45, 2.75) is 39.2 Å². The molecule has 0 aromatic rings. The van der Waals surface area contributed by atoms with Gasteiger partial charge < -0.3 is 0 Å². The van der Waals surface area contributed by atoms with E-state index in [1.165, 1.54) is 12.8 Å². The summed E-state index contributed by atoms with van der Waals surface area (Å²) in [7, 11) is 0. The second kappa shape index (κ2) is 5.68. The molecule has 0 heterocycles. The van der Waals surface area contributed by atoms with Crippen LogP contribution in [0.1, 0.15) is 33.1 Å². The Morgan fingerprint density at radius 3 is 2.00 bits per heavy atom. The van der Waals surface area contributed by atoms with Gasteiger partial charge in [-0.3, -0.25) is 0 Å². The van der Waals surface area contributed by atoms with Crippen LogP contribution in [0.15, 0.2) is 0 Å². The van der Waals surface area contributed by atoms with E-state index in [-0.39, 0.29) is 0 Å². The van der Waals surface area contributed by atoms with Crippen LogP contribution in [0.2, 0.25) is 6.04 Å². The molecule has 0 saturated heterocycles.